The lowest BCUT2D eigenvalue weighted by Crippen LogP contribution is -2.34. The van der Waals surface area contributed by atoms with Crippen LogP contribution in [-0.2, 0) is 7.05 Å². The summed E-state index contributed by atoms with van der Waals surface area (Å²) in [4.78, 5) is 14.8. The minimum absolute atomic E-state index is 0.249. The van der Waals surface area contributed by atoms with Crippen LogP contribution in [-0.4, -0.2) is 34.9 Å². The van der Waals surface area contributed by atoms with Gasteiger partial charge in [0.1, 0.15) is 0 Å². The number of ketones is 1. The number of Topliss-reactive ketones (excluding diaryl/α,β-unsaturated/α-hetero) is 1. The zero-order chi connectivity index (χ0) is 13.2. The Morgan fingerprint density at radius 2 is 1.89 bits per heavy atom. The fourth-order valence-corrected chi connectivity index (χ4v) is 2.97. The summed E-state index contributed by atoms with van der Waals surface area (Å²) in [7, 11) is 2.00. The summed E-state index contributed by atoms with van der Waals surface area (Å²) in [5.74, 6) is 0.249. The molecule has 0 bridgehead atoms. The van der Waals surface area contributed by atoms with Crippen LogP contribution in [0, 0.1) is 0 Å². The molecule has 1 aliphatic heterocycles. The SMILES string of the molecule is Cn1cc(C(=O)CN2CCCCC2)c2ccccc21. The number of fused-ring (bicyclic) bond motifs is 1. The highest BCUT2D eigenvalue weighted by molar-refractivity contribution is 6.09. The fraction of sp³-hybridized carbons (Fsp3) is 0.438. The number of benzene rings is 1. The third-order valence-corrected chi connectivity index (χ3v) is 4.01. The van der Waals surface area contributed by atoms with Crippen molar-refractivity contribution in [2.75, 3.05) is 19.6 Å². The number of carbonyl (C=O) groups excluding carboxylic acids is 1. The summed E-state index contributed by atoms with van der Waals surface area (Å²) in [5.41, 5.74) is 1.99. The van der Waals surface area contributed by atoms with Gasteiger partial charge in [0.25, 0.3) is 0 Å². The van der Waals surface area contributed by atoms with Crippen molar-refractivity contribution in [2.24, 2.45) is 7.05 Å². The summed E-state index contributed by atoms with van der Waals surface area (Å²) in [6.45, 7) is 2.70. The van der Waals surface area contributed by atoms with Crippen LogP contribution in [0.1, 0.15) is 29.6 Å². The van der Waals surface area contributed by atoms with Crippen molar-refractivity contribution in [1.82, 2.24) is 9.47 Å². The molecule has 1 aliphatic rings. The molecule has 3 heteroatoms. The molecule has 3 nitrogen and oxygen atoms in total. The summed E-state index contributed by atoms with van der Waals surface area (Å²) < 4.78 is 2.04. The van der Waals surface area contributed by atoms with E-state index in [4.69, 9.17) is 0 Å². The third kappa shape index (κ3) is 2.43. The van der Waals surface area contributed by atoms with E-state index in [1.165, 1.54) is 19.3 Å². The van der Waals surface area contributed by atoms with Gasteiger partial charge in [-0.2, -0.15) is 0 Å². The quantitative estimate of drug-likeness (QED) is 0.789. The molecular weight excluding hydrogens is 236 g/mol. The van der Waals surface area contributed by atoms with Gasteiger partial charge in [0.2, 0.25) is 0 Å². The van der Waals surface area contributed by atoms with Crippen LogP contribution in [0.3, 0.4) is 0 Å². The summed E-state index contributed by atoms with van der Waals surface area (Å²) in [6, 6.07) is 8.12. The maximum atomic E-state index is 12.5. The number of aryl methyl sites for hydroxylation is 1. The van der Waals surface area contributed by atoms with E-state index in [2.05, 4.69) is 11.0 Å². The van der Waals surface area contributed by atoms with E-state index in [1.807, 2.05) is 36.0 Å². The van der Waals surface area contributed by atoms with E-state index in [0.29, 0.717) is 6.54 Å². The van der Waals surface area contributed by atoms with Crippen LogP contribution in [0.5, 0.6) is 0 Å². The smallest absolute Gasteiger partial charge is 0.178 e. The number of hydrogen-bond acceptors (Lipinski definition) is 2. The molecule has 0 radical (unpaired) electrons. The fourth-order valence-electron chi connectivity index (χ4n) is 2.97. The lowest BCUT2D eigenvalue weighted by Gasteiger charge is -2.25. The molecule has 0 unspecified atom stereocenters. The summed E-state index contributed by atoms with van der Waals surface area (Å²) in [6.07, 6.45) is 5.72. The molecule has 0 spiro atoms. The standard InChI is InChI=1S/C16H20N2O/c1-17-11-14(13-7-3-4-8-15(13)17)16(19)12-18-9-5-2-6-10-18/h3-4,7-8,11H,2,5-6,9-10,12H2,1H3. The van der Waals surface area contributed by atoms with Crippen molar-refractivity contribution < 1.29 is 4.79 Å². The summed E-state index contributed by atoms with van der Waals surface area (Å²) in [5, 5.41) is 1.08. The highest BCUT2D eigenvalue weighted by Gasteiger charge is 2.18. The van der Waals surface area contributed by atoms with Crippen LogP contribution in [0.15, 0.2) is 30.5 Å². The van der Waals surface area contributed by atoms with Crippen LogP contribution >= 0.6 is 0 Å². The molecule has 2 aromatic rings. The second kappa shape index (κ2) is 5.17. The van der Waals surface area contributed by atoms with Gasteiger partial charge >= 0.3 is 0 Å². The van der Waals surface area contributed by atoms with Crippen molar-refractivity contribution in [3.05, 3.63) is 36.0 Å². The van der Waals surface area contributed by atoms with E-state index in [0.717, 1.165) is 29.6 Å². The number of piperidine rings is 1. The van der Waals surface area contributed by atoms with Crippen molar-refractivity contribution in [3.63, 3.8) is 0 Å². The van der Waals surface area contributed by atoms with E-state index < -0.39 is 0 Å². The molecular formula is C16H20N2O. The number of rotatable bonds is 3. The Hall–Kier alpha value is -1.61. The first kappa shape index (κ1) is 12.4. The number of hydrogen-bond donors (Lipinski definition) is 0. The van der Waals surface area contributed by atoms with Crippen LogP contribution < -0.4 is 0 Å². The molecule has 1 aromatic carbocycles. The Balaban J connectivity index is 1.85. The van der Waals surface area contributed by atoms with E-state index in [9.17, 15) is 4.79 Å². The highest BCUT2D eigenvalue weighted by atomic mass is 16.1. The lowest BCUT2D eigenvalue weighted by molar-refractivity contribution is 0.0917. The first-order chi connectivity index (χ1) is 9.25. The lowest BCUT2D eigenvalue weighted by atomic mass is 10.1. The average Bonchev–Trinajstić information content (AvgIpc) is 2.78. The Bertz CT molecular complexity index is 594. The molecule has 0 amide bonds. The van der Waals surface area contributed by atoms with Crippen LogP contribution in [0.25, 0.3) is 10.9 Å². The van der Waals surface area contributed by atoms with Crippen molar-refractivity contribution in [1.29, 1.82) is 0 Å². The number of nitrogens with zero attached hydrogens (tertiary/aromatic N) is 2. The Morgan fingerprint density at radius 3 is 2.68 bits per heavy atom. The predicted octanol–water partition coefficient (Wildman–Crippen LogP) is 2.85. The van der Waals surface area contributed by atoms with Crippen molar-refractivity contribution in [2.45, 2.75) is 19.3 Å². The Labute approximate surface area is 113 Å². The Morgan fingerprint density at radius 1 is 1.16 bits per heavy atom. The number of para-hydroxylation sites is 1. The zero-order valence-electron chi connectivity index (χ0n) is 11.4. The molecule has 100 valence electrons. The molecule has 3 rings (SSSR count). The van der Waals surface area contributed by atoms with Gasteiger partial charge in [-0.15, -0.1) is 0 Å². The largest absolute Gasteiger partial charge is 0.350 e. The van der Waals surface area contributed by atoms with E-state index >= 15 is 0 Å². The molecule has 0 aliphatic carbocycles. The first-order valence-corrected chi connectivity index (χ1v) is 7.05. The molecule has 2 heterocycles. The van der Waals surface area contributed by atoms with Gasteiger partial charge in [0, 0.05) is 29.7 Å². The van der Waals surface area contributed by atoms with Gasteiger partial charge in [-0.1, -0.05) is 24.6 Å². The highest BCUT2D eigenvalue weighted by Crippen LogP contribution is 2.21. The molecule has 1 saturated heterocycles. The molecule has 1 fully saturated rings. The van der Waals surface area contributed by atoms with Gasteiger partial charge in [-0.25, -0.2) is 0 Å². The number of carbonyl (C=O) groups is 1. The van der Waals surface area contributed by atoms with Crippen LogP contribution in [0.2, 0.25) is 0 Å². The van der Waals surface area contributed by atoms with E-state index in [1.54, 1.807) is 0 Å². The van der Waals surface area contributed by atoms with E-state index in [-0.39, 0.29) is 5.78 Å². The maximum Gasteiger partial charge on any atom is 0.178 e. The topological polar surface area (TPSA) is 25.2 Å². The zero-order valence-corrected chi connectivity index (χ0v) is 11.4. The van der Waals surface area contributed by atoms with Gasteiger partial charge in [0.05, 0.1) is 6.54 Å². The molecule has 0 N–H and O–H groups in total. The van der Waals surface area contributed by atoms with Crippen molar-refractivity contribution >= 4 is 16.7 Å². The third-order valence-electron chi connectivity index (χ3n) is 4.01. The van der Waals surface area contributed by atoms with Crippen LogP contribution in [0.4, 0.5) is 0 Å². The average molecular weight is 256 g/mol. The minimum atomic E-state index is 0.249. The normalized spacial score (nSPS) is 16.9. The molecule has 1 aromatic heterocycles. The predicted molar refractivity (Wildman–Crippen MR) is 77.5 cm³/mol. The number of likely N-dealkylation sites (tertiary alicyclic amines) is 1. The number of aromatic nitrogens is 1. The van der Waals surface area contributed by atoms with Gasteiger partial charge in [0.15, 0.2) is 5.78 Å². The minimum Gasteiger partial charge on any atom is -0.350 e. The first-order valence-electron chi connectivity index (χ1n) is 7.05. The second-order valence-corrected chi connectivity index (χ2v) is 5.43. The monoisotopic (exact) mass is 256 g/mol. The molecule has 0 saturated carbocycles. The van der Waals surface area contributed by atoms with Gasteiger partial charge in [-0.05, 0) is 32.0 Å². The molecule has 19 heavy (non-hydrogen) atoms. The second-order valence-electron chi connectivity index (χ2n) is 5.43. The Kier molecular flexibility index (Phi) is 3.38. The van der Waals surface area contributed by atoms with Gasteiger partial charge in [-0.3, -0.25) is 9.69 Å². The van der Waals surface area contributed by atoms with Crippen molar-refractivity contribution in [3.8, 4) is 0 Å². The van der Waals surface area contributed by atoms with Gasteiger partial charge < -0.3 is 4.57 Å². The maximum absolute atomic E-state index is 12.5. The molecule has 0 atom stereocenters. The summed E-state index contributed by atoms with van der Waals surface area (Å²) >= 11 is 0.